The maximum atomic E-state index is 13.0. The first-order chi connectivity index (χ1) is 13.8. The maximum absolute atomic E-state index is 13.0. The van der Waals surface area contributed by atoms with Crippen LogP contribution in [0.2, 0.25) is 0 Å². The molecule has 8 nitrogen and oxygen atoms in total. The Morgan fingerprint density at radius 1 is 0.967 bits per heavy atom. The van der Waals surface area contributed by atoms with Gasteiger partial charge in [-0.2, -0.15) is 0 Å². The molecule has 1 aromatic carbocycles. The minimum absolute atomic E-state index is 0.0610. The molecule has 0 spiro atoms. The van der Waals surface area contributed by atoms with Crippen LogP contribution in [-0.4, -0.2) is 46.0 Å². The molecule has 8 heteroatoms. The number of hydrogen-bond donors (Lipinski definition) is 4. The molecule has 0 radical (unpaired) electrons. The monoisotopic (exact) mass is 420 g/mol. The predicted octanol–water partition coefficient (Wildman–Crippen LogP) is 2.24. The lowest BCUT2D eigenvalue weighted by molar-refractivity contribution is -0.143. The Kier molecular flexibility index (Phi) is 9.01. The van der Waals surface area contributed by atoms with Crippen LogP contribution in [0.4, 0.5) is 0 Å². The van der Waals surface area contributed by atoms with Gasteiger partial charge in [-0.3, -0.25) is 14.4 Å². The van der Waals surface area contributed by atoms with E-state index >= 15 is 0 Å². The highest BCUT2D eigenvalue weighted by Crippen LogP contribution is 2.24. The van der Waals surface area contributed by atoms with E-state index in [4.69, 9.17) is 5.11 Å². The highest BCUT2D eigenvalue weighted by Gasteiger charge is 2.34. The summed E-state index contributed by atoms with van der Waals surface area (Å²) in [5.74, 6) is -3.41. The van der Waals surface area contributed by atoms with Crippen LogP contribution in [0.25, 0.3) is 0 Å². The van der Waals surface area contributed by atoms with Crippen molar-refractivity contribution in [3.8, 4) is 0 Å². The summed E-state index contributed by atoms with van der Waals surface area (Å²) >= 11 is 0. The molecule has 2 atom stereocenters. The van der Waals surface area contributed by atoms with Crippen molar-refractivity contribution in [3.05, 3.63) is 35.4 Å². The number of amides is 2. The third-order valence-corrected chi connectivity index (χ3v) is 4.93. The third kappa shape index (κ3) is 7.50. The number of rotatable bonds is 11. The Morgan fingerprint density at radius 2 is 1.53 bits per heavy atom. The molecule has 0 aromatic heterocycles. The zero-order valence-electron chi connectivity index (χ0n) is 18.2. The number of carbonyl (C=O) groups is 4. The minimum atomic E-state index is -1.34. The fraction of sp³-hybridized carbons (Fsp3) is 0.545. The van der Waals surface area contributed by atoms with E-state index in [1.54, 1.807) is 13.8 Å². The highest BCUT2D eigenvalue weighted by atomic mass is 16.4. The number of carboxylic acids is 2. The minimum Gasteiger partial charge on any atom is -0.481 e. The standard InChI is InChI=1S/C22H32N2O6/c1-13(2)12-17(19(27)23-16(20(28)29)10-11-18(25)26)24-21(30)22(4,5)15-8-6-14(3)7-9-15/h6-9,13,16-17H,10-12H2,1-5H3,(H,23,27)(H,24,30)(H,25,26)(H,28,29)/t16-,17+/m1/s1. The second-order valence-electron chi connectivity index (χ2n) is 8.48. The number of carboxylic acid groups (broad SMARTS) is 2. The lowest BCUT2D eigenvalue weighted by Crippen LogP contribution is -2.54. The summed E-state index contributed by atoms with van der Waals surface area (Å²) in [5.41, 5.74) is 0.950. The van der Waals surface area contributed by atoms with Crippen molar-refractivity contribution in [2.75, 3.05) is 0 Å². The Balaban J connectivity index is 2.97. The van der Waals surface area contributed by atoms with Gasteiger partial charge in [-0.1, -0.05) is 43.7 Å². The largest absolute Gasteiger partial charge is 0.481 e. The highest BCUT2D eigenvalue weighted by molar-refractivity contribution is 5.94. The fourth-order valence-electron chi connectivity index (χ4n) is 2.94. The van der Waals surface area contributed by atoms with Gasteiger partial charge in [0.05, 0.1) is 5.41 Å². The molecule has 0 heterocycles. The van der Waals surface area contributed by atoms with Gasteiger partial charge in [0.2, 0.25) is 11.8 Å². The molecule has 0 saturated heterocycles. The van der Waals surface area contributed by atoms with Gasteiger partial charge in [-0.25, -0.2) is 4.79 Å². The number of aryl methyl sites for hydroxylation is 1. The molecule has 30 heavy (non-hydrogen) atoms. The molecule has 0 unspecified atom stereocenters. The average molecular weight is 421 g/mol. The number of hydrogen-bond acceptors (Lipinski definition) is 4. The summed E-state index contributed by atoms with van der Waals surface area (Å²) in [4.78, 5) is 47.9. The zero-order valence-corrected chi connectivity index (χ0v) is 18.2. The molecular formula is C22H32N2O6. The fourth-order valence-corrected chi connectivity index (χ4v) is 2.94. The molecule has 0 aliphatic heterocycles. The molecule has 0 bridgehead atoms. The summed E-state index contributed by atoms with van der Waals surface area (Å²) in [5, 5.41) is 23.2. The van der Waals surface area contributed by atoms with E-state index < -0.39 is 35.3 Å². The van der Waals surface area contributed by atoms with E-state index in [9.17, 15) is 24.3 Å². The third-order valence-electron chi connectivity index (χ3n) is 4.93. The van der Waals surface area contributed by atoms with Crippen LogP contribution >= 0.6 is 0 Å². The van der Waals surface area contributed by atoms with Crippen LogP contribution in [0.5, 0.6) is 0 Å². The van der Waals surface area contributed by atoms with E-state index in [1.807, 2.05) is 45.0 Å². The van der Waals surface area contributed by atoms with Gasteiger partial charge >= 0.3 is 11.9 Å². The molecule has 0 aliphatic rings. The van der Waals surface area contributed by atoms with Crippen LogP contribution in [0.15, 0.2) is 24.3 Å². The van der Waals surface area contributed by atoms with E-state index in [0.717, 1.165) is 11.1 Å². The van der Waals surface area contributed by atoms with E-state index in [1.165, 1.54) is 0 Å². The Morgan fingerprint density at radius 3 is 2.00 bits per heavy atom. The van der Waals surface area contributed by atoms with Crippen molar-refractivity contribution >= 4 is 23.8 Å². The van der Waals surface area contributed by atoms with Crippen LogP contribution in [0.1, 0.15) is 58.1 Å². The Hall–Kier alpha value is -2.90. The summed E-state index contributed by atoms with van der Waals surface area (Å²) in [6, 6.07) is 5.25. The lowest BCUT2D eigenvalue weighted by Gasteiger charge is -2.29. The average Bonchev–Trinajstić information content (AvgIpc) is 2.63. The summed E-state index contributed by atoms with van der Waals surface area (Å²) in [6.45, 7) is 9.23. The first-order valence-corrected chi connectivity index (χ1v) is 9.97. The summed E-state index contributed by atoms with van der Waals surface area (Å²) in [7, 11) is 0. The molecule has 4 N–H and O–H groups in total. The number of benzene rings is 1. The molecule has 1 rings (SSSR count). The Labute approximate surface area is 177 Å². The van der Waals surface area contributed by atoms with E-state index in [0.29, 0.717) is 6.42 Å². The Bertz CT molecular complexity index is 770. The van der Waals surface area contributed by atoms with Gasteiger partial charge < -0.3 is 20.8 Å². The number of carbonyl (C=O) groups excluding carboxylic acids is 2. The predicted molar refractivity (Wildman–Crippen MR) is 112 cm³/mol. The van der Waals surface area contributed by atoms with Gasteiger partial charge in [0.15, 0.2) is 0 Å². The molecule has 2 amide bonds. The molecule has 0 aliphatic carbocycles. The van der Waals surface area contributed by atoms with Crippen molar-refractivity contribution in [1.29, 1.82) is 0 Å². The van der Waals surface area contributed by atoms with Crippen molar-refractivity contribution in [1.82, 2.24) is 10.6 Å². The normalized spacial score (nSPS) is 13.4. The van der Waals surface area contributed by atoms with E-state index in [-0.39, 0.29) is 24.7 Å². The van der Waals surface area contributed by atoms with Crippen LogP contribution < -0.4 is 10.6 Å². The molecular weight excluding hydrogens is 388 g/mol. The van der Waals surface area contributed by atoms with Gasteiger partial charge in [-0.15, -0.1) is 0 Å². The van der Waals surface area contributed by atoms with Crippen LogP contribution in [-0.2, 0) is 24.6 Å². The van der Waals surface area contributed by atoms with Crippen molar-refractivity contribution in [2.45, 2.75) is 71.4 Å². The summed E-state index contributed by atoms with van der Waals surface area (Å²) in [6.07, 6.45) is -0.320. The van der Waals surface area contributed by atoms with Crippen LogP contribution in [0, 0.1) is 12.8 Å². The first kappa shape index (κ1) is 25.1. The number of nitrogens with one attached hydrogen (secondary N) is 2. The van der Waals surface area contributed by atoms with Crippen molar-refractivity contribution in [2.24, 2.45) is 5.92 Å². The van der Waals surface area contributed by atoms with Gasteiger partial charge in [0.1, 0.15) is 12.1 Å². The van der Waals surface area contributed by atoms with Gasteiger partial charge in [0.25, 0.3) is 0 Å². The number of aliphatic carboxylic acids is 2. The second-order valence-corrected chi connectivity index (χ2v) is 8.48. The molecule has 166 valence electrons. The van der Waals surface area contributed by atoms with E-state index in [2.05, 4.69) is 10.6 Å². The quantitative estimate of drug-likeness (QED) is 0.434. The molecule has 0 fully saturated rings. The zero-order chi connectivity index (χ0) is 23.1. The van der Waals surface area contributed by atoms with Crippen molar-refractivity contribution < 1.29 is 29.4 Å². The lowest BCUT2D eigenvalue weighted by atomic mass is 9.83. The van der Waals surface area contributed by atoms with Crippen molar-refractivity contribution in [3.63, 3.8) is 0 Å². The molecule has 0 saturated carbocycles. The second kappa shape index (κ2) is 10.8. The SMILES string of the molecule is Cc1ccc(C(C)(C)C(=O)N[C@@H](CC(C)C)C(=O)N[C@H](CCC(=O)O)C(=O)O)cc1. The van der Waals surface area contributed by atoms with Crippen LogP contribution in [0.3, 0.4) is 0 Å². The van der Waals surface area contributed by atoms with Gasteiger partial charge in [-0.05, 0) is 45.1 Å². The smallest absolute Gasteiger partial charge is 0.326 e. The van der Waals surface area contributed by atoms with Gasteiger partial charge in [0, 0.05) is 6.42 Å². The molecule has 1 aromatic rings. The maximum Gasteiger partial charge on any atom is 0.326 e. The first-order valence-electron chi connectivity index (χ1n) is 9.97. The topological polar surface area (TPSA) is 133 Å². The summed E-state index contributed by atoms with van der Waals surface area (Å²) < 4.78 is 0.